The highest BCUT2D eigenvalue weighted by Crippen LogP contribution is 2.45. The van der Waals surface area contributed by atoms with Crippen molar-refractivity contribution in [3.05, 3.63) is 35.0 Å². The van der Waals surface area contributed by atoms with Crippen LogP contribution in [0.15, 0.2) is 34.6 Å². The van der Waals surface area contributed by atoms with E-state index in [9.17, 15) is 4.79 Å². The zero-order valence-electron chi connectivity index (χ0n) is 18.4. The number of hydrogen-bond acceptors (Lipinski definition) is 7. The molecular formula is C23H30N4O3S. The van der Waals surface area contributed by atoms with Gasteiger partial charge in [0.15, 0.2) is 17.3 Å². The number of Topliss-reactive ketones (excluding diaryl/α,β-unsaturated/α-hetero) is 1. The monoisotopic (exact) mass is 442 g/mol. The Hall–Kier alpha value is -2.48. The highest BCUT2D eigenvalue weighted by Gasteiger charge is 2.38. The lowest BCUT2D eigenvalue weighted by molar-refractivity contribution is -0.116. The number of unbranched alkanes of at least 4 members (excludes halogenated alkanes) is 3. The summed E-state index contributed by atoms with van der Waals surface area (Å²) in [5.74, 6) is 3.08. The summed E-state index contributed by atoms with van der Waals surface area (Å²) in [5, 5.41) is 8.93. The van der Waals surface area contributed by atoms with Gasteiger partial charge >= 0.3 is 0 Å². The number of methoxy groups -OCH3 is 2. The number of nitrogens with one attached hydrogen (secondary N) is 1. The SMILES string of the molecule is CCCCCCSc1nc2n(n1)C(c1cccc(OC)c1OC)C1=C(CCCC1=O)N2. The van der Waals surface area contributed by atoms with Crippen LogP contribution in [0.1, 0.15) is 63.5 Å². The molecule has 7 nitrogen and oxygen atoms in total. The molecule has 2 aromatic rings. The Kier molecular flexibility index (Phi) is 6.85. The maximum atomic E-state index is 13.0. The van der Waals surface area contributed by atoms with Crippen LogP contribution in [-0.2, 0) is 4.79 Å². The van der Waals surface area contributed by atoms with Gasteiger partial charge in [0.05, 0.1) is 14.2 Å². The predicted molar refractivity (Wildman–Crippen MR) is 122 cm³/mol. The van der Waals surface area contributed by atoms with Crippen molar-refractivity contribution in [2.45, 2.75) is 63.1 Å². The van der Waals surface area contributed by atoms with E-state index in [1.807, 2.05) is 22.9 Å². The van der Waals surface area contributed by atoms with Crippen LogP contribution < -0.4 is 14.8 Å². The first kappa shape index (κ1) is 21.7. The molecule has 1 unspecified atom stereocenters. The summed E-state index contributed by atoms with van der Waals surface area (Å²) in [6.07, 6.45) is 7.08. The first-order valence-electron chi connectivity index (χ1n) is 11.0. The standard InChI is InChI=1S/C23H30N4O3S/c1-4-5-6-7-14-31-23-25-22-24-16-11-9-12-17(28)19(16)20(27(22)26-23)15-10-8-13-18(29-2)21(15)30-3/h8,10,13,20H,4-7,9,11-12,14H2,1-3H3,(H,24,25,26). The summed E-state index contributed by atoms with van der Waals surface area (Å²) in [5.41, 5.74) is 2.57. The normalized spacial score (nSPS) is 17.8. The van der Waals surface area contributed by atoms with Gasteiger partial charge < -0.3 is 14.8 Å². The largest absolute Gasteiger partial charge is 0.493 e. The number of carbonyl (C=O) groups excluding carboxylic acids is 1. The van der Waals surface area contributed by atoms with Crippen LogP contribution in [-0.4, -0.2) is 40.5 Å². The van der Waals surface area contributed by atoms with E-state index in [0.717, 1.165) is 47.0 Å². The van der Waals surface area contributed by atoms with Gasteiger partial charge in [-0.2, -0.15) is 4.98 Å². The van der Waals surface area contributed by atoms with E-state index in [-0.39, 0.29) is 11.8 Å². The molecule has 4 rings (SSSR count). The van der Waals surface area contributed by atoms with Crippen molar-refractivity contribution in [3.63, 3.8) is 0 Å². The van der Waals surface area contributed by atoms with Gasteiger partial charge in [-0.3, -0.25) is 4.79 Å². The minimum atomic E-state index is -0.383. The van der Waals surface area contributed by atoms with E-state index in [0.29, 0.717) is 23.9 Å². The number of allylic oxidation sites excluding steroid dienone is 2. The third kappa shape index (κ3) is 4.31. The second-order valence-corrected chi connectivity index (χ2v) is 8.91. The lowest BCUT2D eigenvalue weighted by atomic mass is 9.85. The van der Waals surface area contributed by atoms with E-state index in [1.165, 1.54) is 19.3 Å². The minimum Gasteiger partial charge on any atom is -0.493 e. The maximum Gasteiger partial charge on any atom is 0.227 e. The second-order valence-electron chi connectivity index (χ2n) is 7.85. The fourth-order valence-corrected chi connectivity index (χ4v) is 5.13. The Morgan fingerprint density at radius 1 is 1.19 bits per heavy atom. The van der Waals surface area contributed by atoms with Gasteiger partial charge in [0, 0.05) is 29.0 Å². The molecule has 1 aromatic carbocycles. The summed E-state index contributed by atoms with van der Waals surface area (Å²) in [6, 6.07) is 5.38. The molecule has 0 radical (unpaired) electrons. The van der Waals surface area contributed by atoms with Crippen molar-refractivity contribution in [1.29, 1.82) is 0 Å². The van der Waals surface area contributed by atoms with Gasteiger partial charge in [-0.05, 0) is 25.3 Å². The zero-order valence-corrected chi connectivity index (χ0v) is 19.3. The average Bonchev–Trinajstić information content (AvgIpc) is 3.19. The molecule has 0 spiro atoms. The average molecular weight is 443 g/mol. The molecule has 1 aliphatic carbocycles. The fraction of sp³-hybridized carbons (Fsp3) is 0.522. The van der Waals surface area contributed by atoms with E-state index in [4.69, 9.17) is 19.6 Å². The number of fused-ring (bicyclic) bond motifs is 1. The number of carbonyl (C=O) groups is 1. The Bertz CT molecular complexity index is 985. The topological polar surface area (TPSA) is 78.3 Å². The third-order valence-corrected chi connectivity index (χ3v) is 6.73. The molecule has 0 saturated heterocycles. The first-order chi connectivity index (χ1) is 15.2. The predicted octanol–water partition coefficient (Wildman–Crippen LogP) is 4.99. The Labute approximate surface area is 187 Å². The van der Waals surface area contributed by atoms with Gasteiger partial charge in [-0.15, -0.1) is 5.10 Å². The van der Waals surface area contributed by atoms with Crippen LogP contribution in [0.4, 0.5) is 5.95 Å². The van der Waals surface area contributed by atoms with Crippen LogP contribution in [0, 0.1) is 0 Å². The summed E-state index contributed by atoms with van der Waals surface area (Å²) >= 11 is 1.67. The highest BCUT2D eigenvalue weighted by atomic mass is 32.2. The van der Waals surface area contributed by atoms with Crippen molar-refractivity contribution in [2.24, 2.45) is 0 Å². The molecule has 31 heavy (non-hydrogen) atoms. The van der Waals surface area contributed by atoms with Gasteiger partial charge in [-0.1, -0.05) is 50.1 Å². The lowest BCUT2D eigenvalue weighted by Crippen LogP contribution is -2.31. The molecule has 2 heterocycles. The van der Waals surface area contributed by atoms with Crippen LogP contribution in [0.5, 0.6) is 11.5 Å². The summed E-state index contributed by atoms with van der Waals surface area (Å²) in [6.45, 7) is 2.22. The highest BCUT2D eigenvalue weighted by molar-refractivity contribution is 7.99. The number of anilines is 1. The Morgan fingerprint density at radius 2 is 2.06 bits per heavy atom. The second kappa shape index (κ2) is 9.77. The van der Waals surface area contributed by atoms with E-state index in [2.05, 4.69) is 12.2 Å². The molecular weight excluding hydrogens is 412 g/mol. The molecule has 1 N–H and O–H groups in total. The van der Waals surface area contributed by atoms with Gasteiger partial charge in [-0.25, -0.2) is 4.68 Å². The fourth-order valence-electron chi connectivity index (χ4n) is 4.30. The van der Waals surface area contributed by atoms with Crippen molar-refractivity contribution in [3.8, 4) is 11.5 Å². The number of benzene rings is 1. The van der Waals surface area contributed by atoms with Crippen molar-refractivity contribution in [2.75, 3.05) is 25.3 Å². The molecule has 0 saturated carbocycles. The minimum absolute atomic E-state index is 0.151. The number of ketones is 1. The molecule has 8 heteroatoms. The van der Waals surface area contributed by atoms with E-state index in [1.54, 1.807) is 26.0 Å². The zero-order chi connectivity index (χ0) is 21.8. The lowest BCUT2D eigenvalue weighted by Gasteiger charge is -2.32. The van der Waals surface area contributed by atoms with Gasteiger partial charge in [0.2, 0.25) is 11.1 Å². The molecule has 1 aliphatic heterocycles. The number of nitrogens with zero attached hydrogens (tertiary/aromatic N) is 3. The number of rotatable bonds is 9. The summed E-state index contributed by atoms with van der Waals surface area (Å²) < 4.78 is 13.1. The van der Waals surface area contributed by atoms with Crippen molar-refractivity contribution in [1.82, 2.24) is 14.8 Å². The number of para-hydroxylation sites is 1. The van der Waals surface area contributed by atoms with Gasteiger partial charge in [0.1, 0.15) is 6.04 Å². The Balaban J connectivity index is 1.73. The third-order valence-electron chi connectivity index (χ3n) is 5.81. The quantitative estimate of drug-likeness (QED) is 0.433. The van der Waals surface area contributed by atoms with Crippen LogP contribution in [0.25, 0.3) is 0 Å². The first-order valence-corrected chi connectivity index (χ1v) is 12.0. The number of ether oxygens (including phenoxy) is 2. The molecule has 0 amide bonds. The molecule has 166 valence electrons. The van der Waals surface area contributed by atoms with E-state index >= 15 is 0 Å². The van der Waals surface area contributed by atoms with E-state index < -0.39 is 0 Å². The molecule has 0 bridgehead atoms. The molecule has 0 fully saturated rings. The summed E-state index contributed by atoms with van der Waals surface area (Å²) in [4.78, 5) is 17.8. The maximum absolute atomic E-state index is 13.0. The summed E-state index contributed by atoms with van der Waals surface area (Å²) in [7, 11) is 3.24. The number of hydrogen-bond donors (Lipinski definition) is 1. The Morgan fingerprint density at radius 3 is 2.84 bits per heavy atom. The molecule has 1 aromatic heterocycles. The van der Waals surface area contributed by atoms with Crippen LogP contribution >= 0.6 is 11.8 Å². The van der Waals surface area contributed by atoms with Crippen LogP contribution in [0.2, 0.25) is 0 Å². The molecule has 1 atom stereocenters. The van der Waals surface area contributed by atoms with Crippen LogP contribution in [0.3, 0.4) is 0 Å². The molecule has 2 aliphatic rings. The smallest absolute Gasteiger partial charge is 0.227 e. The van der Waals surface area contributed by atoms with Gasteiger partial charge in [0.25, 0.3) is 0 Å². The van der Waals surface area contributed by atoms with Crippen molar-refractivity contribution < 1.29 is 14.3 Å². The number of thioether (sulfide) groups is 1. The van der Waals surface area contributed by atoms with Crippen molar-refractivity contribution >= 4 is 23.5 Å². The number of aromatic nitrogens is 3.